The highest BCUT2D eigenvalue weighted by Gasteiger charge is 2.46. The SMILES string of the molecule is CC(C)(C)N(C(=O)O)[C@@H](C(=O)c1ccc(F)cc1)C1CC1. The molecule has 21 heavy (non-hydrogen) atoms. The van der Waals surface area contributed by atoms with Gasteiger partial charge in [0, 0.05) is 11.1 Å². The molecule has 1 saturated carbocycles. The van der Waals surface area contributed by atoms with Crippen LogP contribution in [0, 0.1) is 11.7 Å². The average Bonchev–Trinajstić information content (AvgIpc) is 3.18. The Morgan fingerprint density at radius 2 is 1.76 bits per heavy atom. The summed E-state index contributed by atoms with van der Waals surface area (Å²) in [4.78, 5) is 25.6. The van der Waals surface area contributed by atoms with Crippen LogP contribution >= 0.6 is 0 Å². The Balaban J connectivity index is 2.36. The molecule has 0 spiro atoms. The van der Waals surface area contributed by atoms with Crippen LogP contribution in [-0.4, -0.2) is 33.5 Å². The van der Waals surface area contributed by atoms with Gasteiger partial charge in [0.05, 0.1) is 0 Å². The molecule has 1 aliphatic rings. The Hall–Kier alpha value is -1.91. The Morgan fingerprint density at radius 1 is 1.24 bits per heavy atom. The molecule has 114 valence electrons. The Kier molecular flexibility index (Phi) is 4.03. The second-order valence-corrected chi connectivity index (χ2v) is 6.48. The van der Waals surface area contributed by atoms with Gasteiger partial charge in [0.15, 0.2) is 5.78 Å². The van der Waals surface area contributed by atoms with Crippen LogP contribution in [0.2, 0.25) is 0 Å². The van der Waals surface area contributed by atoms with E-state index in [4.69, 9.17) is 0 Å². The van der Waals surface area contributed by atoms with Crippen molar-refractivity contribution in [3.05, 3.63) is 35.6 Å². The van der Waals surface area contributed by atoms with Crippen molar-refractivity contribution in [1.82, 2.24) is 4.90 Å². The highest BCUT2D eigenvalue weighted by molar-refractivity contribution is 6.02. The van der Waals surface area contributed by atoms with Crippen molar-refractivity contribution in [2.75, 3.05) is 0 Å². The summed E-state index contributed by atoms with van der Waals surface area (Å²) in [5, 5.41) is 9.51. The number of carbonyl (C=O) groups is 2. The zero-order chi connectivity index (χ0) is 15.8. The predicted molar refractivity (Wildman–Crippen MR) is 76.9 cm³/mol. The highest BCUT2D eigenvalue weighted by Crippen LogP contribution is 2.39. The van der Waals surface area contributed by atoms with E-state index in [1.165, 1.54) is 29.2 Å². The first kappa shape index (κ1) is 15.5. The number of carboxylic acid groups (broad SMARTS) is 1. The molecule has 2 rings (SSSR count). The second kappa shape index (κ2) is 5.47. The molecule has 1 aromatic rings. The second-order valence-electron chi connectivity index (χ2n) is 6.48. The number of amides is 1. The predicted octanol–water partition coefficient (Wildman–Crippen LogP) is 3.57. The first-order valence-corrected chi connectivity index (χ1v) is 7.04. The number of Topliss-reactive ketones (excluding diaryl/α,β-unsaturated/α-hetero) is 1. The first-order chi connectivity index (χ1) is 9.71. The van der Waals surface area contributed by atoms with Gasteiger partial charge < -0.3 is 5.11 Å². The van der Waals surface area contributed by atoms with Crippen molar-refractivity contribution >= 4 is 11.9 Å². The van der Waals surface area contributed by atoms with Gasteiger partial charge in [-0.1, -0.05) is 0 Å². The minimum Gasteiger partial charge on any atom is -0.465 e. The molecule has 1 aliphatic carbocycles. The van der Waals surface area contributed by atoms with Crippen LogP contribution in [-0.2, 0) is 0 Å². The van der Waals surface area contributed by atoms with Crippen molar-refractivity contribution in [3.63, 3.8) is 0 Å². The summed E-state index contributed by atoms with van der Waals surface area (Å²) < 4.78 is 13.0. The van der Waals surface area contributed by atoms with E-state index in [0.29, 0.717) is 5.56 Å². The fourth-order valence-corrected chi connectivity index (χ4v) is 2.56. The van der Waals surface area contributed by atoms with Crippen molar-refractivity contribution in [2.24, 2.45) is 5.92 Å². The lowest BCUT2D eigenvalue weighted by Gasteiger charge is -2.39. The van der Waals surface area contributed by atoms with Crippen molar-refractivity contribution in [1.29, 1.82) is 0 Å². The summed E-state index contributed by atoms with van der Waals surface area (Å²) in [6.07, 6.45) is 0.587. The van der Waals surface area contributed by atoms with E-state index >= 15 is 0 Å². The molecule has 0 saturated heterocycles. The topological polar surface area (TPSA) is 57.6 Å². The average molecular weight is 293 g/mol. The monoisotopic (exact) mass is 293 g/mol. The van der Waals surface area contributed by atoms with Gasteiger partial charge in [0.2, 0.25) is 0 Å². The third-order valence-corrected chi connectivity index (χ3v) is 3.67. The lowest BCUT2D eigenvalue weighted by atomic mass is 9.94. The number of carbonyl (C=O) groups excluding carboxylic acids is 1. The molecule has 1 N–H and O–H groups in total. The standard InChI is InChI=1S/C16H20FNO3/c1-16(2,3)18(15(20)21)13(10-4-5-10)14(19)11-6-8-12(17)9-7-11/h6-10,13H,4-5H2,1-3H3,(H,20,21)/t13-/m1/s1. The van der Waals surface area contributed by atoms with Crippen LogP contribution in [0.25, 0.3) is 0 Å². The number of halogens is 1. The van der Waals surface area contributed by atoms with Crippen molar-refractivity contribution < 1.29 is 19.1 Å². The number of hydrogen-bond donors (Lipinski definition) is 1. The molecule has 1 aromatic carbocycles. The lowest BCUT2D eigenvalue weighted by Crippen LogP contribution is -2.55. The summed E-state index contributed by atoms with van der Waals surface area (Å²) in [6.45, 7) is 5.32. The maximum Gasteiger partial charge on any atom is 0.408 e. The van der Waals surface area contributed by atoms with E-state index in [2.05, 4.69) is 0 Å². The van der Waals surface area contributed by atoms with Gasteiger partial charge in [-0.05, 0) is 63.8 Å². The molecular formula is C16H20FNO3. The molecule has 0 radical (unpaired) electrons. The minimum absolute atomic E-state index is 0.0536. The highest BCUT2D eigenvalue weighted by atomic mass is 19.1. The van der Waals surface area contributed by atoms with Gasteiger partial charge in [-0.3, -0.25) is 9.69 Å². The Bertz CT molecular complexity index is 544. The van der Waals surface area contributed by atoms with Gasteiger partial charge >= 0.3 is 6.09 Å². The molecule has 0 bridgehead atoms. The van der Waals surface area contributed by atoms with E-state index in [-0.39, 0.29) is 11.7 Å². The summed E-state index contributed by atoms with van der Waals surface area (Å²) in [5.41, 5.74) is -0.321. The minimum atomic E-state index is -1.10. The molecule has 0 unspecified atom stereocenters. The normalized spacial score (nSPS) is 16.4. The first-order valence-electron chi connectivity index (χ1n) is 7.04. The Morgan fingerprint density at radius 3 is 2.14 bits per heavy atom. The van der Waals surface area contributed by atoms with Crippen LogP contribution in [0.15, 0.2) is 24.3 Å². The van der Waals surface area contributed by atoms with E-state index in [9.17, 15) is 19.1 Å². The quantitative estimate of drug-likeness (QED) is 0.863. The van der Waals surface area contributed by atoms with Crippen molar-refractivity contribution in [3.8, 4) is 0 Å². The van der Waals surface area contributed by atoms with Crippen molar-refractivity contribution in [2.45, 2.75) is 45.2 Å². The molecule has 0 heterocycles. The number of nitrogens with zero attached hydrogens (tertiary/aromatic N) is 1. The lowest BCUT2D eigenvalue weighted by molar-refractivity contribution is 0.0501. The van der Waals surface area contributed by atoms with Crippen LogP contribution in [0.4, 0.5) is 9.18 Å². The van der Waals surface area contributed by atoms with Gasteiger partial charge in [-0.15, -0.1) is 0 Å². The molecule has 0 aromatic heterocycles. The zero-order valence-corrected chi connectivity index (χ0v) is 12.5. The largest absolute Gasteiger partial charge is 0.465 e. The van der Waals surface area contributed by atoms with Crippen LogP contribution < -0.4 is 0 Å². The maximum absolute atomic E-state index is 13.0. The summed E-state index contributed by atoms with van der Waals surface area (Å²) in [5.74, 6) is -0.617. The van der Waals surface area contributed by atoms with Gasteiger partial charge in [-0.25, -0.2) is 9.18 Å². The van der Waals surface area contributed by atoms with E-state index in [1.54, 1.807) is 20.8 Å². The number of benzene rings is 1. The molecule has 0 aliphatic heterocycles. The smallest absolute Gasteiger partial charge is 0.408 e. The van der Waals surface area contributed by atoms with Crippen LogP contribution in [0.1, 0.15) is 44.0 Å². The fourth-order valence-electron chi connectivity index (χ4n) is 2.56. The van der Waals surface area contributed by atoms with E-state index in [1.807, 2.05) is 0 Å². The number of ketones is 1. The van der Waals surface area contributed by atoms with Crippen LogP contribution in [0.5, 0.6) is 0 Å². The molecule has 5 heteroatoms. The third-order valence-electron chi connectivity index (χ3n) is 3.67. The van der Waals surface area contributed by atoms with Gasteiger partial charge in [0.1, 0.15) is 11.9 Å². The maximum atomic E-state index is 13.0. The van der Waals surface area contributed by atoms with Gasteiger partial charge in [0.25, 0.3) is 0 Å². The fraction of sp³-hybridized carbons (Fsp3) is 0.500. The number of rotatable bonds is 4. The molecule has 4 nitrogen and oxygen atoms in total. The van der Waals surface area contributed by atoms with E-state index in [0.717, 1.165) is 12.8 Å². The summed E-state index contributed by atoms with van der Waals surface area (Å²) in [6, 6.07) is 4.57. The molecule has 1 amide bonds. The zero-order valence-electron chi connectivity index (χ0n) is 12.5. The summed E-state index contributed by atoms with van der Waals surface area (Å²) >= 11 is 0. The molecule has 1 atom stereocenters. The third kappa shape index (κ3) is 3.40. The molecular weight excluding hydrogens is 273 g/mol. The molecule has 1 fully saturated rings. The van der Waals surface area contributed by atoms with Gasteiger partial charge in [-0.2, -0.15) is 0 Å². The van der Waals surface area contributed by atoms with E-state index < -0.39 is 23.5 Å². The summed E-state index contributed by atoms with van der Waals surface area (Å²) in [7, 11) is 0. The Labute approximate surface area is 123 Å². The number of hydrogen-bond acceptors (Lipinski definition) is 2. The van der Waals surface area contributed by atoms with Crippen LogP contribution in [0.3, 0.4) is 0 Å².